The third kappa shape index (κ3) is 5.11. The van der Waals surface area contributed by atoms with Gasteiger partial charge in [0.1, 0.15) is 0 Å². The molecule has 0 radical (unpaired) electrons. The minimum Gasteiger partial charge on any atom is -0.493 e. The highest BCUT2D eigenvalue weighted by atomic mass is 35.5. The lowest BCUT2D eigenvalue weighted by Crippen LogP contribution is -2.15. The molecular weight excluding hydrogens is 400 g/mol. The number of carbonyl (C=O) groups excluding carboxylic acids is 2. The van der Waals surface area contributed by atoms with Crippen LogP contribution in [0.1, 0.15) is 23.2 Å². The van der Waals surface area contributed by atoms with Gasteiger partial charge in [0.05, 0.1) is 12.1 Å². The molecule has 0 spiro atoms. The molecule has 150 valence electrons. The van der Waals surface area contributed by atoms with E-state index in [1.54, 1.807) is 36.4 Å². The molecule has 0 bridgehead atoms. The number of aromatic nitrogens is 2. The van der Waals surface area contributed by atoms with Crippen LogP contribution in [0, 0.1) is 0 Å². The first kappa shape index (κ1) is 20.3. The van der Waals surface area contributed by atoms with Crippen LogP contribution in [0.4, 0.5) is 0 Å². The number of ketones is 1. The molecule has 0 aliphatic rings. The lowest BCUT2D eigenvalue weighted by atomic mass is 10.1. The summed E-state index contributed by atoms with van der Waals surface area (Å²) in [5.74, 6) is 0.329. The van der Waals surface area contributed by atoms with Crippen LogP contribution >= 0.6 is 11.6 Å². The molecule has 0 amide bonds. The number of rotatable bonds is 8. The van der Waals surface area contributed by atoms with Crippen molar-refractivity contribution in [3.63, 3.8) is 0 Å². The molecule has 1 heterocycles. The number of esters is 1. The fourth-order valence-electron chi connectivity index (χ4n) is 2.39. The zero-order chi connectivity index (χ0) is 20.8. The van der Waals surface area contributed by atoms with Gasteiger partial charge in [0.25, 0.3) is 5.89 Å². The van der Waals surface area contributed by atoms with Gasteiger partial charge in [-0.2, -0.15) is 4.98 Å². The van der Waals surface area contributed by atoms with Crippen molar-refractivity contribution in [3.05, 3.63) is 58.9 Å². The van der Waals surface area contributed by atoms with Gasteiger partial charge in [-0.15, -0.1) is 0 Å². The number of hydrogen-bond donors (Lipinski definition) is 0. The molecular formula is C20H17ClN2O6. The Morgan fingerprint density at radius 3 is 2.66 bits per heavy atom. The molecule has 0 aliphatic heterocycles. The fraction of sp³-hybridized carbons (Fsp3) is 0.200. The van der Waals surface area contributed by atoms with Crippen LogP contribution < -0.4 is 9.47 Å². The summed E-state index contributed by atoms with van der Waals surface area (Å²) in [4.78, 5) is 27.5. The van der Waals surface area contributed by atoms with E-state index in [2.05, 4.69) is 10.1 Å². The number of carbonyl (C=O) groups is 2. The van der Waals surface area contributed by atoms with Crippen molar-refractivity contribution < 1.29 is 28.3 Å². The van der Waals surface area contributed by atoms with Crippen molar-refractivity contribution >= 4 is 23.4 Å². The third-order valence-electron chi connectivity index (χ3n) is 3.86. The number of ether oxygens (including phenoxy) is 3. The van der Waals surface area contributed by atoms with E-state index in [0.29, 0.717) is 33.5 Å². The number of nitrogens with zero attached hydrogens (tertiary/aromatic N) is 2. The van der Waals surface area contributed by atoms with E-state index >= 15 is 0 Å². The molecule has 8 nitrogen and oxygen atoms in total. The third-order valence-corrected chi connectivity index (χ3v) is 4.18. The van der Waals surface area contributed by atoms with Gasteiger partial charge < -0.3 is 18.7 Å². The maximum atomic E-state index is 11.9. The van der Waals surface area contributed by atoms with Gasteiger partial charge in [0.15, 0.2) is 30.5 Å². The standard InChI is InChI=1S/C20H17ClN2O6/c1-12(24)13-7-8-16(17(9-13)26-2)27-11-19(25)28-10-18-22-20(23-29-18)14-5-3-4-6-15(14)21/h3-9H,10-11H2,1-2H3. The molecule has 0 N–H and O–H groups in total. The van der Waals surface area contributed by atoms with Crippen molar-refractivity contribution in [2.75, 3.05) is 13.7 Å². The van der Waals surface area contributed by atoms with Gasteiger partial charge >= 0.3 is 5.97 Å². The molecule has 1 aromatic heterocycles. The maximum Gasteiger partial charge on any atom is 0.344 e. The van der Waals surface area contributed by atoms with Gasteiger partial charge in [0, 0.05) is 11.1 Å². The molecule has 0 fully saturated rings. The fourth-order valence-corrected chi connectivity index (χ4v) is 2.61. The Kier molecular flexibility index (Phi) is 6.46. The van der Waals surface area contributed by atoms with Gasteiger partial charge in [-0.05, 0) is 37.3 Å². The highest BCUT2D eigenvalue weighted by Crippen LogP contribution is 2.28. The van der Waals surface area contributed by atoms with E-state index in [0.717, 1.165) is 0 Å². The van der Waals surface area contributed by atoms with Crippen LogP contribution in [0.25, 0.3) is 11.4 Å². The monoisotopic (exact) mass is 416 g/mol. The smallest absolute Gasteiger partial charge is 0.344 e. The summed E-state index contributed by atoms with van der Waals surface area (Å²) < 4.78 is 20.7. The second-order valence-electron chi connectivity index (χ2n) is 5.86. The van der Waals surface area contributed by atoms with E-state index in [1.807, 2.05) is 0 Å². The van der Waals surface area contributed by atoms with Crippen LogP contribution in [-0.4, -0.2) is 35.6 Å². The first-order valence-corrected chi connectivity index (χ1v) is 8.90. The molecule has 0 aliphatic carbocycles. The van der Waals surface area contributed by atoms with Gasteiger partial charge in [0.2, 0.25) is 5.82 Å². The Morgan fingerprint density at radius 2 is 1.93 bits per heavy atom. The maximum absolute atomic E-state index is 11.9. The Morgan fingerprint density at radius 1 is 1.14 bits per heavy atom. The Balaban J connectivity index is 1.55. The average Bonchev–Trinajstić information content (AvgIpc) is 3.19. The lowest BCUT2D eigenvalue weighted by Gasteiger charge is -2.11. The zero-order valence-corrected chi connectivity index (χ0v) is 16.4. The topological polar surface area (TPSA) is 101 Å². The normalized spacial score (nSPS) is 10.4. The zero-order valence-electron chi connectivity index (χ0n) is 15.7. The van der Waals surface area contributed by atoms with E-state index in [-0.39, 0.29) is 24.9 Å². The van der Waals surface area contributed by atoms with E-state index < -0.39 is 5.97 Å². The minimum atomic E-state index is -0.639. The van der Waals surface area contributed by atoms with E-state index in [1.165, 1.54) is 20.1 Å². The molecule has 9 heteroatoms. The van der Waals surface area contributed by atoms with Gasteiger partial charge in [-0.25, -0.2) is 4.79 Å². The second-order valence-corrected chi connectivity index (χ2v) is 6.27. The van der Waals surface area contributed by atoms with Crippen LogP contribution in [0.3, 0.4) is 0 Å². The van der Waals surface area contributed by atoms with Crippen molar-refractivity contribution in [2.45, 2.75) is 13.5 Å². The number of hydrogen-bond acceptors (Lipinski definition) is 8. The number of benzene rings is 2. The summed E-state index contributed by atoms with van der Waals surface area (Å²) in [6.07, 6.45) is 0. The molecule has 0 saturated carbocycles. The SMILES string of the molecule is COc1cc(C(C)=O)ccc1OCC(=O)OCc1nc(-c2ccccc2Cl)no1. The van der Waals surface area contributed by atoms with Crippen molar-refractivity contribution in [2.24, 2.45) is 0 Å². The first-order valence-electron chi connectivity index (χ1n) is 8.53. The van der Waals surface area contributed by atoms with Crippen LogP contribution in [0.2, 0.25) is 5.02 Å². The van der Waals surface area contributed by atoms with E-state index in [4.69, 9.17) is 30.3 Å². The molecule has 3 aromatic rings. The summed E-state index contributed by atoms with van der Waals surface area (Å²) in [6, 6.07) is 11.7. The molecule has 29 heavy (non-hydrogen) atoms. The minimum absolute atomic E-state index is 0.107. The number of halogens is 1. The highest BCUT2D eigenvalue weighted by Gasteiger charge is 2.15. The van der Waals surface area contributed by atoms with Crippen molar-refractivity contribution in [3.8, 4) is 22.9 Å². The highest BCUT2D eigenvalue weighted by molar-refractivity contribution is 6.33. The van der Waals surface area contributed by atoms with Crippen LogP contribution in [0.5, 0.6) is 11.5 Å². The molecule has 0 unspecified atom stereocenters. The first-order chi connectivity index (χ1) is 14.0. The largest absolute Gasteiger partial charge is 0.493 e. The summed E-state index contributed by atoms with van der Waals surface area (Å²) >= 11 is 6.09. The van der Waals surface area contributed by atoms with Gasteiger partial charge in [-0.1, -0.05) is 28.9 Å². The molecule has 0 saturated heterocycles. The Hall–Kier alpha value is -3.39. The van der Waals surface area contributed by atoms with Crippen LogP contribution in [0.15, 0.2) is 47.0 Å². The average molecular weight is 417 g/mol. The predicted octanol–water partition coefficient (Wildman–Crippen LogP) is 3.72. The second kappa shape index (κ2) is 9.20. The van der Waals surface area contributed by atoms with Crippen molar-refractivity contribution in [1.29, 1.82) is 0 Å². The quantitative estimate of drug-likeness (QED) is 0.404. The molecule has 3 rings (SSSR count). The number of methoxy groups -OCH3 is 1. The molecule has 0 atom stereocenters. The van der Waals surface area contributed by atoms with Gasteiger partial charge in [-0.3, -0.25) is 4.79 Å². The number of Topliss-reactive ketones (excluding diaryl/α,β-unsaturated/α-hetero) is 1. The Labute approximate surface area is 171 Å². The summed E-state index contributed by atoms with van der Waals surface area (Å²) in [7, 11) is 1.44. The Bertz CT molecular complexity index is 1030. The molecule has 2 aromatic carbocycles. The van der Waals surface area contributed by atoms with Crippen LogP contribution in [-0.2, 0) is 16.1 Å². The lowest BCUT2D eigenvalue weighted by molar-refractivity contribution is -0.148. The van der Waals surface area contributed by atoms with E-state index in [9.17, 15) is 9.59 Å². The summed E-state index contributed by atoms with van der Waals surface area (Å²) in [5, 5.41) is 4.31. The summed E-state index contributed by atoms with van der Waals surface area (Å²) in [6.45, 7) is 0.878. The van der Waals surface area contributed by atoms with Crippen molar-refractivity contribution in [1.82, 2.24) is 10.1 Å². The predicted molar refractivity (Wildman–Crippen MR) is 103 cm³/mol. The summed E-state index contributed by atoms with van der Waals surface area (Å²) in [5.41, 5.74) is 1.09.